The third kappa shape index (κ3) is 3.32. The fraction of sp³-hybridized carbons (Fsp3) is 0.0345. The molecule has 4 heterocycles. The number of imidazole rings is 1. The van der Waals surface area contributed by atoms with Crippen molar-refractivity contribution < 1.29 is 4.39 Å². The topological polar surface area (TPSA) is 72.3 Å². The van der Waals surface area contributed by atoms with Crippen molar-refractivity contribution in [3.8, 4) is 22.6 Å². The number of halogens is 1. The molecule has 0 unspecified atom stereocenters. The molecule has 36 heavy (non-hydrogen) atoms. The van der Waals surface area contributed by atoms with Gasteiger partial charge in [0.05, 0.1) is 34.2 Å². The number of fused-ring (bicyclic) bond motifs is 6. The summed E-state index contributed by atoms with van der Waals surface area (Å²) in [5.74, 6) is 0.399. The van der Waals surface area contributed by atoms with Crippen LogP contribution in [-0.2, 0) is 6.54 Å². The Labute approximate surface area is 205 Å². The van der Waals surface area contributed by atoms with Gasteiger partial charge in [0.15, 0.2) is 0 Å². The molecule has 0 saturated heterocycles. The van der Waals surface area contributed by atoms with Crippen LogP contribution < -0.4 is 0 Å². The van der Waals surface area contributed by atoms with Gasteiger partial charge in [0, 0.05) is 34.9 Å². The molecule has 0 fully saturated rings. The van der Waals surface area contributed by atoms with Crippen LogP contribution in [0.2, 0.25) is 0 Å². The van der Waals surface area contributed by atoms with E-state index < -0.39 is 0 Å². The fourth-order valence-electron chi connectivity index (χ4n) is 4.74. The molecule has 1 N–H and O–H groups in total. The molecule has 0 amide bonds. The van der Waals surface area contributed by atoms with E-state index in [9.17, 15) is 4.39 Å². The summed E-state index contributed by atoms with van der Waals surface area (Å²) in [6, 6.07) is 24.4. The summed E-state index contributed by atoms with van der Waals surface area (Å²) in [5, 5.41) is 6.77. The highest BCUT2D eigenvalue weighted by Gasteiger charge is 2.20. The van der Waals surface area contributed by atoms with Gasteiger partial charge in [-0.25, -0.2) is 9.37 Å². The molecular weight excluding hydrogens is 451 g/mol. The second kappa shape index (κ2) is 8.09. The average molecular weight is 471 g/mol. The zero-order chi connectivity index (χ0) is 24.1. The van der Waals surface area contributed by atoms with Crippen molar-refractivity contribution in [2.45, 2.75) is 6.54 Å². The largest absolute Gasteiger partial charge is 0.337 e. The quantitative estimate of drug-likeness (QED) is 0.303. The molecule has 0 atom stereocenters. The van der Waals surface area contributed by atoms with Crippen LogP contribution >= 0.6 is 0 Å². The molecule has 6 nitrogen and oxygen atoms in total. The Morgan fingerprint density at radius 3 is 2.25 bits per heavy atom. The SMILES string of the molecule is Fc1ccc(-c2nn(Cc3ccccc3)cc2-c2nc3c4cccnc4c4ncccc4c3[nH]2)cc1. The number of pyridine rings is 2. The van der Waals surface area contributed by atoms with Gasteiger partial charge >= 0.3 is 0 Å². The minimum Gasteiger partial charge on any atom is -0.337 e. The van der Waals surface area contributed by atoms with E-state index in [-0.39, 0.29) is 5.82 Å². The lowest BCUT2D eigenvalue weighted by atomic mass is 10.1. The van der Waals surface area contributed by atoms with Crippen LogP contribution in [0.25, 0.3) is 55.5 Å². The third-order valence-corrected chi connectivity index (χ3v) is 6.39. The number of nitrogens with one attached hydrogen (secondary N) is 1. The molecule has 0 bridgehead atoms. The molecule has 0 spiro atoms. The smallest absolute Gasteiger partial charge is 0.142 e. The fourth-order valence-corrected chi connectivity index (χ4v) is 4.74. The van der Waals surface area contributed by atoms with Crippen LogP contribution in [0.1, 0.15) is 5.56 Å². The Kier molecular flexibility index (Phi) is 4.60. The van der Waals surface area contributed by atoms with E-state index in [0.717, 1.165) is 55.2 Å². The molecule has 3 aromatic carbocycles. The number of hydrogen-bond acceptors (Lipinski definition) is 4. The minimum absolute atomic E-state index is 0.286. The van der Waals surface area contributed by atoms with E-state index in [2.05, 4.69) is 27.1 Å². The number of aromatic nitrogens is 6. The molecule has 4 aromatic heterocycles. The molecule has 0 radical (unpaired) electrons. The molecule has 0 aliphatic carbocycles. The zero-order valence-corrected chi connectivity index (χ0v) is 19.1. The molecule has 172 valence electrons. The molecule has 7 heteroatoms. The minimum atomic E-state index is -0.286. The van der Waals surface area contributed by atoms with Gasteiger partial charge < -0.3 is 4.98 Å². The highest BCUT2D eigenvalue weighted by molar-refractivity contribution is 6.21. The van der Waals surface area contributed by atoms with Crippen molar-refractivity contribution in [3.63, 3.8) is 0 Å². The first-order chi connectivity index (χ1) is 17.7. The van der Waals surface area contributed by atoms with Crippen LogP contribution in [0.3, 0.4) is 0 Å². The maximum atomic E-state index is 13.7. The van der Waals surface area contributed by atoms with E-state index in [4.69, 9.17) is 10.1 Å². The summed E-state index contributed by atoms with van der Waals surface area (Å²) in [7, 11) is 0. The molecular formula is C29H19FN6. The zero-order valence-electron chi connectivity index (χ0n) is 19.1. The maximum absolute atomic E-state index is 13.7. The van der Waals surface area contributed by atoms with Crippen molar-refractivity contribution in [3.05, 3.63) is 109 Å². The second-order valence-electron chi connectivity index (χ2n) is 8.69. The standard InChI is InChI=1S/C29H19FN6/c30-20-12-10-19(11-13-20)24-23(17-36(35-24)16-18-6-2-1-3-7-18)29-33-27-21-8-4-14-31-25(21)26-22(28(27)34-29)9-5-15-32-26/h1-15,17H,16H2,(H,33,34). The molecule has 0 aliphatic rings. The van der Waals surface area contributed by atoms with Crippen molar-refractivity contribution in [2.75, 3.05) is 0 Å². The van der Waals surface area contributed by atoms with Gasteiger partial charge in [-0.1, -0.05) is 30.3 Å². The van der Waals surface area contributed by atoms with Crippen LogP contribution in [0, 0.1) is 5.82 Å². The number of nitrogens with zero attached hydrogens (tertiary/aromatic N) is 5. The van der Waals surface area contributed by atoms with Crippen molar-refractivity contribution in [1.82, 2.24) is 29.7 Å². The van der Waals surface area contributed by atoms with Crippen molar-refractivity contribution in [1.29, 1.82) is 0 Å². The lowest BCUT2D eigenvalue weighted by Gasteiger charge is -2.03. The summed E-state index contributed by atoms with van der Waals surface area (Å²) in [6.45, 7) is 0.606. The molecule has 0 aliphatic heterocycles. The summed E-state index contributed by atoms with van der Waals surface area (Å²) in [4.78, 5) is 17.8. The van der Waals surface area contributed by atoms with E-state index >= 15 is 0 Å². The number of aromatic amines is 1. The Balaban J connectivity index is 1.47. The van der Waals surface area contributed by atoms with Gasteiger partial charge in [-0.2, -0.15) is 5.10 Å². The highest BCUT2D eigenvalue weighted by atomic mass is 19.1. The number of benzene rings is 3. The Morgan fingerprint density at radius 2 is 1.47 bits per heavy atom. The van der Waals surface area contributed by atoms with E-state index in [0.29, 0.717) is 12.4 Å². The first kappa shape index (κ1) is 20.5. The van der Waals surface area contributed by atoms with Crippen LogP contribution in [-0.4, -0.2) is 29.7 Å². The van der Waals surface area contributed by atoms with Crippen molar-refractivity contribution >= 4 is 32.8 Å². The summed E-state index contributed by atoms with van der Waals surface area (Å²) in [5.41, 5.74) is 6.89. The van der Waals surface area contributed by atoms with Crippen LogP contribution in [0.5, 0.6) is 0 Å². The first-order valence-electron chi connectivity index (χ1n) is 11.6. The summed E-state index contributed by atoms with van der Waals surface area (Å²) >= 11 is 0. The maximum Gasteiger partial charge on any atom is 0.142 e. The molecule has 7 aromatic rings. The summed E-state index contributed by atoms with van der Waals surface area (Å²) < 4.78 is 15.6. The summed E-state index contributed by atoms with van der Waals surface area (Å²) in [6.07, 6.45) is 5.54. The van der Waals surface area contributed by atoms with Crippen LogP contribution in [0.15, 0.2) is 97.5 Å². The predicted octanol–water partition coefficient (Wildman–Crippen LogP) is 6.38. The van der Waals surface area contributed by atoms with E-state index in [1.807, 2.05) is 53.3 Å². The van der Waals surface area contributed by atoms with Gasteiger partial charge in [0.2, 0.25) is 0 Å². The van der Waals surface area contributed by atoms with Gasteiger partial charge in [0.25, 0.3) is 0 Å². The highest BCUT2D eigenvalue weighted by Crippen LogP contribution is 2.36. The number of hydrogen-bond donors (Lipinski definition) is 1. The normalized spacial score (nSPS) is 11.6. The number of H-pyrrole nitrogens is 1. The van der Waals surface area contributed by atoms with E-state index in [1.165, 1.54) is 12.1 Å². The van der Waals surface area contributed by atoms with Gasteiger partial charge in [-0.15, -0.1) is 0 Å². The Bertz CT molecular complexity index is 1800. The van der Waals surface area contributed by atoms with Gasteiger partial charge in [-0.05, 0) is 54.1 Å². The van der Waals surface area contributed by atoms with Crippen molar-refractivity contribution in [2.24, 2.45) is 0 Å². The van der Waals surface area contributed by atoms with Gasteiger partial charge in [-0.3, -0.25) is 14.6 Å². The molecule has 7 rings (SSSR count). The van der Waals surface area contributed by atoms with Gasteiger partial charge in [0.1, 0.15) is 17.3 Å². The average Bonchev–Trinajstić information content (AvgIpc) is 3.55. The second-order valence-corrected chi connectivity index (χ2v) is 8.69. The Hall–Kier alpha value is -4.91. The van der Waals surface area contributed by atoms with E-state index in [1.54, 1.807) is 24.5 Å². The Morgan fingerprint density at radius 1 is 0.750 bits per heavy atom. The molecule has 0 saturated carbocycles. The monoisotopic (exact) mass is 470 g/mol. The lowest BCUT2D eigenvalue weighted by Crippen LogP contribution is -2.00. The third-order valence-electron chi connectivity index (χ3n) is 6.39. The predicted molar refractivity (Wildman–Crippen MR) is 139 cm³/mol. The van der Waals surface area contributed by atoms with Crippen LogP contribution in [0.4, 0.5) is 4.39 Å². The lowest BCUT2D eigenvalue weighted by molar-refractivity contribution is 0.628. The first-order valence-corrected chi connectivity index (χ1v) is 11.6. The number of rotatable bonds is 4.